The Morgan fingerprint density at radius 1 is 0.742 bits per heavy atom. The summed E-state index contributed by atoms with van der Waals surface area (Å²) in [6.07, 6.45) is 7.52. The maximum atomic E-state index is 5.11. The summed E-state index contributed by atoms with van der Waals surface area (Å²) in [5.74, 6) is 0. The van der Waals surface area contributed by atoms with E-state index in [0.29, 0.717) is 0 Å². The van der Waals surface area contributed by atoms with Gasteiger partial charge in [-0.1, -0.05) is 30.3 Å². The fourth-order valence-corrected chi connectivity index (χ4v) is 5.62. The number of hydrogen-bond acceptors (Lipinski definition) is 3. The molecule has 4 nitrogen and oxygen atoms in total. The van der Waals surface area contributed by atoms with Crippen molar-refractivity contribution in [1.29, 1.82) is 0 Å². The number of benzene rings is 2. The Kier molecular flexibility index (Phi) is 2.72. The second kappa shape index (κ2) is 5.35. The third kappa shape index (κ3) is 1.88. The summed E-state index contributed by atoms with van der Waals surface area (Å²) in [7, 11) is 0. The smallest absolute Gasteiger partial charge is 0.164 e. The minimum Gasteiger partial charge on any atom is -0.290 e. The summed E-state index contributed by atoms with van der Waals surface area (Å²) in [6, 6.07) is 19.8. The Bertz CT molecular complexity index is 1740. The maximum absolute atomic E-state index is 5.11. The minimum atomic E-state index is 0.864. The second-order valence-corrected chi connectivity index (χ2v) is 8.54. The van der Waals surface area contributed by atoms with E-state index in [0.717, 1.165) is 46.0 Å². The molecule has 4 heterocycles. The number of fused-ring (bicyclic) bond motifs is 13. The number of pyridine rings is 3. The predicted octanol–water partition coefficient (Wildman–Crippen LogP) is 5.57. The average Bonchev–Trinajstić information content (AvgIpc) is 3.47. The van der Waals surface area contributed by atoms with Crippen molar-refractivity contribution in [2.24, 2.45) is 0 Å². The molecular weight excluding hydrogens is 380 g/mol. The molecule has 2 aliphatic carbocycles. The van der Waals surface area contributed by atoms with E-state index in [1.807, 2.05) is 24.7 Å². The predicted molar refractivity (Wildman–Crippen MR) is 122 cm³/mol. The van der Waals surface area contributed by atoms with Crippen LogP contribution in [0, 0.1) is 0 Å². The Morgan fingerprint density at radius 2 is 1.65 bits per heavy atom. The van der Waals surface area contributed by atoms with Crippen molar-refractivity contribution >= 4 is 27.5 Å². The second-order valence-electron chi connectivity index (χ2n) is 8.54. The lowest BCUT2D eigenvalue weighted by Crippen LogP contribution is -1.96. The highest BCUT2D eigenvalue weighted by Crippen LogP contribution is 2.46. The van der Waals surface area contributed by atoms with E-state index in [4.69, 9.17) is 9.97 Å². The van der Waals surface area contributed by atoms with E-state index in [1.165, 1.54) is 39.1 Å². The first-order chi connectivity index (χ1) is 15.4. The summed E-state index contributed by atoms with van der Waals surface area (Å²) in [5.41, 5.74) is 13.6. The molecule has 144 valence electrons. The van der Waals surface area contributed by atoms with E-state index in [9.17, 15) is 0 Å². The van der Waals surface area contributed by atoms with Crippen molar-refractivity contribution in [3.05, 3.63) is 95.6 Å². The van der Waals surface area contributed by atoms with Crippen LogP contribution in [-0.4, -0.2) is 19.4 Å². The van der Waals surface area contributed by atoms with Gasteiger partial charge in [0.05, 0.1) is 16.9 Å². The molecule has 2 aliphatic rings. The standard InChI is InChI=1S/C27H16N4/c1-2-5-18-15(4-1)10-16-12-21-17(11-20(16)18)13-23-26(21)31-24-7-9-28-14-22(24)19-6-3-8-29-25(19)27(31)30-23/h1-9,11-12,14H,10,13H2. The van der Waals surface area contributed by atoms with Gasteiger partial charge >= 0.3 is 0 Å². The summed E-state index contributed by atoms with van der Waals surface area (Å²) in [4.78, 5) is 14.2. The molecule has 0 radical (unpaired) electrons. The first kappa shape index (κ1) is 15.7. The van der Waals surface area contributed by atoms with Crippen LogP contribution < -0.4 is 0 Å². The minimum absolute atomic E-state index is 0.864. The van der Waals surface area contributed by atoms with Crippen LogP contribution in [0.2, 0.25) is 0 Å². The van der Waals surface area contributed by atoms with Gasteiger partial charge in [-0.2, -0.15) is 0 Å². The van der Waals surface area contributed by atoms with Crippen LogP contribution in [0.1, 0.15) is 22.4 Å². The molecule has 0 amide bonds. The molecule has 0 saturated heterocycles. The first-order valence-electron chi connectivity index (χ1n) is 10.6. The maximum Gasteiger partial charge on any atom is 0.164 e. The molecule has 0 saturated carbocycles. The SMILES string of the molecule is c1ccc2c(c1)Cc1cc3c(cc1-2)Cc1nc2c4ncccc4c4cnccc4n2c1-3. The van der Waals surface area contributed by atoms with Gasteiger partial charge in [0.25, 0.3) is 0 Å². The quantitative estimate of drug-likeness (QED) is 0.315. The molecule has 0 aliphatic heterocycles. The molecule has 0 atom stereocenters. The van der Waals surface area contributed by atoms with Gasteiger partial charge in [-0.25, -0.2) is 4.98 Å². The summed E-state index contributed by atoms with van der Waals surface area (Å²) < 4.78 is 2.31. The highest BCUT2D eigenvalue weighted by Gasteiger charge is 2.30. The molecular formula is C27H16N4. The van der Waals surface area contributed by atoms with Gasteiger partial charge < -0.3 is 0 Å². The fourth-order valence-electron chi connectivity index (χ4n) is 5.62. The number of nitrogens with zero attached hydrogens (tertiary/aromatic N) is 4. The van der Waals surface area contributed by atoms with Gasteiger partial charge in [-0.15, -0.1) is 0 Å². The molecule has 8 rings (SSSR count). The zero-order valence-corrected chi connectivity index (χ0v) is 16.6. The lowest BCUT2D eigenvalue weighted by atomic mass is 9.99. The van der Waals surface area contributed by atoms with E-state index >= 15 is 0 Å². The van der Waals surface area contributed by atoms with Crippen LogP contribution in [-0.2, 0) is 12.8 Å². The number of rotatable bonds is 0. The average molecular weight is 396 g/mol. The van der Waals surface area contributed by atoms with Crippen LogP contribution in [0.25, 0.3) is 49.8 Å². The Labute approximate surface area is 177 Å². The van der Waals surface area contributed by atoms with Crippen LogP contribution in [0.4, 0.5) is 0 Å². The number of imidazole rings is 1. The van der Waals surface area contributed by atoms with Crippen molar-refractivity contribution in [3.63, 3.8) is 0 Å². The van der Waals surface area contributed by atoms with Crippen LogP contribution >= 0.6 is 0 Å². The highest BCUT2D eigenvalue weighted by atomic mass is 15.1. The van der Waals surface area contributed by atoms with Gasteiger partial charge in [0, 0.05) is 41.3 Å². The zero-order chi connectivity index (χ0) is 20.1. The number of hydrogen-bond donors (Lipinski definition) is 0. The van der Waals surface area contributed by atoms with E-state index < -0.39 is 0 Å². The van der Waals surface area contributed by atoms with Crippen LogP contribution in [0.15, 0.2) is 73.2 Å². The molecule has 6 aromatic rings. The normalized spacial score (nSPS) is 13.5. The Hall–Kier alpha value is -4.05. The van der Waals surface area contributed by atoms with Gasteiger partial charge in [-0.3, -0.25) is 14.4 Å². The van der Waals surface area contributed by atoms with Crippen LogP contribution in [0.3, 0.4) is 0 Å². The van der Waals surface area contributed by atoms with Gasteiger partial charge in [0.1, 0.15) is 5.52 Å². The lowest BCUT2D eigenvalue weighted by molar-refractivity contribution is 1.16. The van der Waals surface area contributed by atoms with Gasteiger partial charge in [-0.05, 0) is 58.5 Å². The van der Waals surface area contributed by atoms with Crippen molar-refractivity contribution in [3.8, 4) is 22.4 Å². The summed E-state index contributed by atoms with van der Waals surface area (Å²) in [6.45, 7) is 0. The third-order valence-electron chi connectivity index (χ3n) is 6.93. The van der Waals surface area contributed by atoms with E-state index in [1.54, 1.807) is 0 Å². The molecule has 31 heavy (non-hydrogen) atoms. The van der Waals surface area contributed by atoms with Crippen molar-refractivity contribution in [2.75, 3.05) is 0 Å². The lowest BCUT2D eigenvalue weighted by Gasteiger charge is -2.11. The zero-order valence-electron chi connectivity index (χ0n) is 16.6. The molecule has 0 bridgehead atoms. The molecule has 0 N–H and O–H groups in total. The van der Waals surface area contributed by atoms with Gasteiger partial charge in [0.2, 0.25) is 0 Å². The summed E-state index contributed by atoms with van der Waals surface area (Å²) in [5, 5.41) is 2.21. The van der Waals surface area contributed by atoms with E-state index in [-0.39, 0.29) is 0 Å². The highest BCUT2D eigenvalue weighted by molar-refractivity contribution is 6.10. The molecule has 4 heteroatoms. The molecule has 2 aromatic carbocycles. The Balaban J connectivity index is 1.49. The van der Waals surface area contributed by atoms with Crippen molar-refractivity contribution in [1.82, 2.24) is 19.4 Å². The van der Waals surface area contributed by atoms with Crippen LogP contribution in [0.5, 0.6) is 0 Å². The first-order valence-corrected chi connectivity index (χ1v) is 10.6. The van der Waals surface area contributed by atoms with Crippen molar-refractivity contribution in [2.45, 2.75) is 12.8 Å². The number of aromatic nitrogens is 4. The third-order valence-corrected chi connectivity index (χ3v) is 6.93. The molecule has 0 unspecified atom stereocenters. The monoisotopic (exact) mass is 396 g/mol. The van der Waals surface area contributed by atoms with Gasteiger partial charge in [0.15, 0.2) is 5.65 Å². The summed E-state index contributed by atoms with van der Waals surface area (Å²) >= 11 is 0. The van der Waals surface area contributed by atoms with Crippen molar-refractivity contribution < 1.29 is 0 Å². The molecule has 0 spiro atoms. The van der Waals surface area contributed by atoms with E-state index in [2.05, 4.69) is 57.9 Å². The largest absolute Gasteiger partial charge is 0.290 e. The fraction of sp³-hybridized carbons (Fsp3) is 0.0741. The molecule has 4 aromatic heterocycles. The Morgan fingerprint density at radius 3 is 2.65 bits per heavy atom. The topological polar surface area (TPSA) is 43.1 Å². The molecule has 0 fully saturated rings.